The van der Waals surface area contributed by atoms with Gasteiger partial charge in [-0.1, -0.05) is 20.8 Å². The summed E-state index contributed by atoms with van der Waals surface area (Å²) < 4.78 is 40.6. The summed E-state index contributed by atoms with van der Waals surface area (Å²) in [4.78, 5) is 0. The quantitative estimate of drug-likeness (QED) is 0.263. The fraction of sp³-hybridized carbons (Fsp3) is 0.955. The number of nitriles is 1. The van der Waals surface area contributed by atoms with Crippen LogP contribution in [0.2, 0.25) is 18.1 Å². The van der Waals surface area contributed by atoms with E-state index in [1.807, 2.05) is 0 Å². The van der Waals surface area contributed by atoms with Crippen LogP contribution in [-0.4, -0.2) is 74.4 Å². The minimum Gasteiger partial charge on any atom is -0.414 e. The maximum Gasteiger partial charge on any atom is 0.192 e. The van der Waals surface area contributed by atoms with Gasteiger partial charge in [0.05, 0.1) is 32.5 Å². The SMILES string of the molecule is COCOCC(C#N)(COCOC)[C@@H]1CC2(CC[C@@H]1O[Si](C)(C)C(C)(C)C)OCCO2. The van der Waals surface area contributed by atoms with Crippen molar-refractivity contribution in [3.63, 3.8) is 0 Å². The van der Waals surface area contributed by atoms with Crippen molar-refractivity contribution in [1.82, 2.24) is 0 Å². The highest BCUT2D eigenvalue weighted by Gasteiger charge is 2.55. The van der Waals surface area contributed by atoms with Crippen LogP contribution in [0.3, 0.4) is 0 Å². The van der Waals surface area contributed by atoms with Gasteiger partial charge in [0.25, 0.3) is 0 Å². The van der Waals surface area contributed by atoms with Gasteiger partial charge in [-0.25, -0.2) is 0 Å². The van der Waals surface area contributed by atoms with Crippen LogP contribution in [0.25, 0.3) is 0 Å². The fourth-order valence-corrected chi connectivity index (χ4v) is 5.55. The molecule has 1 saturated heterocycles. The Morgan fingerprint density at radius 1 is 1.03 bits per heavy atom. The third kappa shape index (κ3) is 6.48. The first-order chi connectivity index (χ1) is 14.5. The third-order valence-electron chi connectivity index (χ3n) is 6.91. The van der Waals surface area contributed by atoms with Crippen molar-refractivity contribution in [2.75, 3.05) is 54.2 Å². The molecule has 180 valence electrons. The molecule has 0 aromatic rings. The van der Waals surface area contributed by atoms with Gasteiger partial charge >= 0.3 is 0 Å². The van der Waals surface area contributed by atoms with Crippen LogP contribution >= 0.6 is 0 Å². The molecule has 0 aromatic carbocycles. The Hall–Kier alpha value is -0.573. The second-order valence-corrected chi connectivity index (χ2v) is 14.9. The van der Waals surface area contributed by atoms with Gasteiger partial charge in [0, 0.05) is 39.1 Å². The Bertz CT molecular complexity index is 586. The van der Waals surface area contributed by atoms with E-state index < -0.39 is 19.5 Å². The zero-order valence-corrected chi connectivity index (χ0v) is 21.3. The Morgan fingerprint density at radius 3 is 2.03 bits per heavy atom. The number of ether oxygens (including phenoxy) is 6. The van der Waals surface area contributed by atoms with Crippen LogP contribution < -0.4 is 0 Å². The normalized spacial score (nSPS) is 24.5. The zero-order chi connectivity index (χ0) is 23.2. The van der Waals surface area contributed by atoms with E-state index in [2.05, 4.69) is 39.9 Å². The van der Waals surface area contributed by atoms with Gasteiger partial charge in [0.1, 0.15) is 19.0 Å². The van der Waals surface area contributed by atoms with Crippen molar-refractivity contribution >= 4 is 8.32 Å². The number of hydrogen-bond donors (Lipinski definition) is 0. The summed E-state index contributed by atoms with van der Waals surface area (Å²) >= 11 is 0. The highest BCUT2D eigenvalue weighted by molar-refractivity contribution is 6.74. The van der Waals surface area contributed by atoms with E-state index in [0.717, 1.165) is 12.8 Å². The van der Waals surface area contributed by atoms with E-state index in [9.17, 15) is 5.26 Å². The molecule has 0 unspecified atom stereocenters. The molecule has 2 rings (SSSR count). The fourth-order valence-electron chi connectivity index (χ4n) is 4.16. The first kappa shape index (κ1) is 26.7. The first-order valence-corrected chi connectivity index (χ1v) is 14.0. The van der Waals surface area contributed by atoms with Gasteiger partial charge in [-0.3, -0.25) is 0 Å². The van der Waals surface area contributed by atoms with Crippen molar-refractivity contribution in [3.05, 3.63) is 0 Å². The predicted octanol–water partition coefficient (Wildman–Crippen LogP) is 3.67. The molecular weight excluding hydrogens is 418 g/mol. The van der Waals surface area contributed by atoms with Gasteiger partial charge in [-0.15, -0.1) is 0 Å². The van der Waals surface area contributed by atoms with Crippen molar-refractivity contribution in [2.45, 2.75) is 70.1 Å². The van der Waals surface area contributed by atoms with Crippen LogP contribution in [0, 0.1) is 22.7 Å². The second-order valence-electron chi connectivity index (χ2n) is 10.2. The summed E-state index contributed by atoms with van der Waals surface area (Å²) in [5.74, 6) is -0.852. The molecule has 0 bridgehead atoms. The Morgan fingerprint density at radius 2 is 1.58 bits per heavy atom. The smallest absolute Gasteiger partial charge is 0.192 e. The number of hydrogen-bond acceptors (Lipinski definition) is 8. The lowest BCUT2D eigenvalue weighted by atomic mass is 9.67. The maximum atomic E-state index is 10.4. The van der Waals surface area contributed by atoms with E-state index >= 15 is 0 Å². The summed E-state index contributed by atoms with van der Waals surface area (Å²) in [6.45, 7) is 12.8. The minimum absolute atomic E-state index is 0.0570. The van der Waals surface area contributed by atoms with Crippen LogP contribution in [-0.2, 0) is 32.8 Å². The summed E-state index contributed by atoms with van der Waals surface area (Å²) in [5, 5.41) is 10.5. The lowest BCUT2D eigenvalue weighted by molar-refractivity contribution is -0.220. The predicted molar refractivity (Wildman–Crippen MR) is 118 cm³/mol. The molecule has 0 N–H and O–H groups in total. The summed E-state index contributed by atoms with van der Waals surface area (Å²) in [6.07, 6.45) is 1.96. The van der Waals surface area contributed by atoms with Gasteiger partial charge in [0.15, 0.2) is 14.1 Å². The lowest BCUT2D eigenvalue weighted by Crippen LogP contribution is -2.56. The first-order valence-electron chi connectivity index (χ1n) is 11.1. The lowest BCUT2D eigenvalue weighted by Gasteiger charge is -2.50. The molecule has 1 aliphatic carbocycles. The molecule has 2 fully saturated rings. The number of rotatable bonds is 11. The van der Waals surface area contributed by atoms with E-state index in [0.29, 0.717) is 19.6 Å². The molecule has 2 aliphatic rings. The Kier molecular flexibility index (Phi) is 9.49. The monoisotopic (exact) mass is 459 g/mol. The Labute approximate surface area is 188 Å². The van der Waals surface area contributed by atoms with Gasteiger partial charge in [0.2, 0.25) is 0 Å². The van der Waals surface area contributed by atoms with E-state index in [4.69, 9.17) is 32.8 Å². The van der Waals surface area contributed by atoms with E-state index in [1.165, 1.54) is 0 Å². The molecule has 9 heteroatoms. The van der Waals surface area contributed by atoms with Gasteiger partial charge < -0.3 is 32.8 Å². The van der Waals surface area contributed by atoms with Crippen LogP contribution in [0.5, 0.6) is 0 Å². The van der Waals surface area contributed by atoms with Crippen molar-refractivity contribution < 1.29 is 32.8 Å². The molecule has 0 radical (unpaired) electrons. The maximum absolute atomic E-state index is 10.4. The standard InChI is InChI=1S/C22H41NO7Si/c1-20(2,3)31(6,7)30-19-8-9-22(28-10-11-29-22)12-18(19)21(13-23,14-26-16-24-4)15-27-17-25-5/h18-19H,8-12,14-17H2,1-7H3/t18-,19+/m1/s1. The molecule has 1 saturated carbocycles. The topological polar surface area (TPSA) is 88.4 Å². The molecule has 8 nitrogen and oxygen atoms in total. The van der Waals surface area contributed by atoms with Crippen molar-refractivity contribution in [2.24, 2.45) is 11.3 Å². The minimum atomic E-state index is -2.08. The highest BCUT2D eigenvalue weighted by Crippen LogP contribution is 2.49. The molecule has 0 aromatic heterocycles. The van der Waals surface area contributed by atoms with Gasteiger partial charge in [-0.05, 0) is 24.6 Å². The summed E-state index contributed by atoms with van der Waals surface area (Å²) in [5.41, 5.74) is -0.952. The highest BCUT2D eigenvalue weighted by atomic mass is 28.4. The van der Waals surface area contributed by atoms with E-state index in [-0.39, 0.29) is 43.9 Å². The van der Waals surface area contributed by atoms with Crippen molar-refractivity contribution in [3.8, 4) is 6.07 Å². The third-order valence-corrected chi connectivity index (χ3v) is 11.4. The molecule has 0 amide bonds. The van der Waals surface area contributed by atoms with E-state index in [1.54, 1.807) is 14.2 Å². The van der Waals surface area contributed by atoms with Crippen LogP contribution in [0.4, 0.5) is 0 Å². The molecule has 2 atom stereocenters. The molecular formula is C22H41NO7Si. The largest absolute Gasteiger partial charge is 0.414 e. The Balaban J connectivity index is 2.37. The zero-order valence-electron chi connectivity index (χ0n) is 20.3. The molecule has 1 aliphatic heterocycles. The van der Waals surface area contributed by atoms with Gasteiger partial charge in [-0.2, -0.15) is 5.26 Å². The number of methoxy groups -OCH3 is 2. The summed E-state index contributed by atoms with van der Waals surface area (Å²) in [7, 11) is 1.05. The molecule has 1 heterocycles. The average molecular weight is 460 g/mol. The second kappa shape index (κ2) is 11.0. The number of nitrogens with zero attached hydrogens (tertiary/aromatic N) is 1. The van der Waals surface area contributed by atoms with Crippen LogP contribution in [0.15, 0.2) is 0 Å². The summed E-state index contributed by atoms with van der Waals surface area (Å²) in [6, 6.07) is 2.53. The average Bonchev–Trinajstić information content (AvgIpc) is 3.16. The molecule has 1 spiro atoms. The molecule has 31 heavy (non-hydrogen) atoms. The van der Waals surface area contributed by atoms with Crippen LogP contribution in [0.1, 0.15) is 40.0 Å². The van der Waals surface area contributed by atoms with Crippen molar-refractivity contribution in [1.29, 1.82) is 5.26 Å².